The summed E-state index contributed by atoms with van der Waals surface area (Å²) in [6.45, 7) is 4.07. The van der Waals surface area contributed by atoms with E-state index in [4.69, 9.17) is 0 Å². The quantitative estimate of drug-likeness (QED) is 0.489. The number of unbranched alkanes of at least 4 members (excludes halogenated alkanes) is 2. The fourth-order valence-electron chi connectivity index (χ4n) is 2.07. The highest BCUT2D eigenvalue weighted by Crippen LogP contribution is 2.32. The van der Waals surface area contributed by atoms with Crippen LogP contribution < -0.4 is 5.32 Å². The molecule has 0 saturated heterocycles. The van der Waals surface area contributed by atoms with E-state index in [2.05, 4.69) is 12.2 Å². The predicted molar refractivity (Wildman–Crippen MR) is 91.4 cm³/mol. The number of carbonyl (C=O) groups is 2. The summed E-state index contributed by atoms with van der Waals surface area (Å²) < 4.78 is 0. The standard InChI is InChI=1S/C17H25NO3S/c1-3-5-6-12-16(19)18-13-10-7-8-11-14(13)22-15(9-4-2)17(20)21/h7-8,10-11,15H,3-6,9,12H2,1-2H3,(H,18,19)(H,20,21). The van der Waals surface area contributed by atoms with Crippen LogP contribution in [-0.4, -0.2) is 22.2 Å². The highest BCUT2D eigenvalue weighted by atomic mass is 32.2. The van der Waals surface area contributed by atoms with Crippen LogP contribution in [0.25, 0.3) is 0 Å². The van der Waals surface area contributed by atoms with Gasteiger partial charge in [0.25, 0.3) is 0 Å². The molecule has 0 fully saturated rings. The number of rotatable bonds is 10. The van der Waals surface area contributed by atoms with Crippen LogP contribution >= 0.6 is 11.8 Å². The van der Waals surface area contributed by atoms with Crippen molar-refractivity contribution in [3.8, 4) is 0 Å². The van der Waals surface area contributed by atoms with Crippen molar-refractivity contribution in [2.45, 2.75) is 62.5 Å². The Kier molecular flexibility index (Phi) is 8.67. The molecule has 0 aliphatic heterocycles. The molecule has 0 aliphatic carbocycles. The first-order chi connectivity index (χ1) is 10.6. The van der Waals surface area contributed by atoms with E-state index in [1.54, 1.807) is 0 Å². The topological polar surface area (TPSA) is 66.4 Å². The molecule has 1 unspecified atom stereocenters. The van der Waals surface area contributed by atoms with Gasteiger partial charge >= 0.3 is 5.97 Å². The zero-order valence-electron chi connectivity index (χ0n) is 13.3. The maximum absolute atomic E-state index is 11.9. The summed E-state index contributed by atoms with van der Waals surface area (Å²) in [6.07, 6.45) is 4.93. The minimum absolute atomic E-state index is 0.0103. The van der Waals surface area contributed by atoms with Gasteiger partial charge in [0.1, 0.15) is 5.25 Å². The molecule has 1 rings (SSSR count). The largest absolute Gasteiger partial charge is 0.480 e. The Balaban J connectivity index is 2.72. The summed E-state index contributed by atoms with van der Waals surface area (Å²) in [5.74, 6) is -0.820. The highest BCUT2D eigenvalue weighted by molar-refractivity contribution is 8.00. The number of carbonyl (C=O) groups excluding carboxylic acids is 1. The van der Waals surface area contributed by atoms with E-state index < -0.39 is 11.2 Å². The van der Waals surface area contributed by atoms with Crippen LogP contribution in [0.5, 0.6) is 0 Å². The summed E-state index contributed by atoms with van der Waals surface area (Å²) in [5, 5.41) is 11.7. The predicted octanol–water partition coefficient (Wildman–Crippen LogP) is 4.55. The van der Waals surface area contributed by atoms with Crippen LogP contribution in [-0.2, 0) is 9.59 Å². The Bertz CT molecular complexity index is 491. The number of amides is 1. The van der Waals surface area contributed by atoms with Gasteiger partial charge in [0.15, 0.2) is 0 Å². The third-order valence-electron chi connectivity index (χ3n) is 3.26. The Labute approximate surface area is 136 Å². The smallest absolute Gasteiger partial charge is 0.316 e. The molecule has 2 N–H and O–H groups in total. The summed E-state index contributed by atoms with van der Waals surface area (Å²) in [6, 6.07) is 7.39. The van der Waals surface area contributed by atoms with Crippen LogP contribution in [0, 0.1) is 0 Å². The molecule has 1 amide bonds. The van der Waals surface area contributed by atoms with Crippen molar-refractivity contribution in [3.05, 3.63) is 24.3 Å². The molecule has 4 nitrogen and oxygen atoms in total. The van der Waals surface area contributed by atoms with E-state index in [0.29, 0.717) is 18.5 Å². The monoisotopic (exact) mass is 323 g/mol. The SMILES string of the molecule is CCCCCC(=O)Nc1ccccc1SC(CCC)C(=O)O. The van der Waals surface area contributed by atoms with Crippen molar-refractivity contribution >= 4 is 29.3 Å². The number of hydrogen-bond acceptors (Lipinski definition) is 3. The van der Waals surface area contributed by atoms with Gasteiger partial charge in [0.2, 0.25) is 5.91 Å². The number of nitrogens with one attached hydrogen (secondary N) is 1. The van der Waals surface area contributed by atoms with Gasteiger partial charge in [-0.3, -0.25) is 9.59 Å². The Morgan fingerprint density at radius 3 is 2.55 bits per heavy atom. The minimum atomic E-state index is -0.809. The van der Waals surface area contributed by atoms with Gasteiger partial charge < -0.3 is 10.4 Å². The van der Waals surface area contributed by atoms with Crippen LogP contribution in [0.3, 0.4) is 0 Å². The normalized spacial score (nSPS) is 11.9. The second kappa shape index (κ2) is 10.3. The maximum Gasteiger partial charge on any atom is 0.316 e. The molecule has 0 spiro atoms. The van der Waals surface area contributed by atoms with Crippen LogP contribution in [0.2, 0.25) is 0 Å². The molecule has 0 saturated carbocycles. The lowest BCUT2D eigenvalue weighted by atomic mass is 10.2. The summed E-state index contributed by atoms with van der Waals surface area (Å²) in [7, 11) is 0. The number of carboxylic acid groups (broad SMARTS) is 1. The zero-order chi connectivity index (χ0) is 16.4. The fourth-order valence-corrected chi connectivity index (χ4v) is 3.23. The second-order valence-corrected chi connectivity index (χ2v) is 6.48. The molecule has 0 aromatic heterocycles. The number of aliphatic carboxylic acids is 1. The molecule has 22 heavy (non-hydrogen) atoms. The second-order valence-electron chi connectivity index (χ2n) is 5.23. The maximum atomic E-state index is 11.9. The molecule has 5 heteroatoms. The zero-order valence-corrected chi connectivity index (χ0v) is 14.1. The van der Waals surface area contributed by atoms with Gasteiger partial charge in [-0.25, -0.2) is 0 Å². The first-order valence-corrected chi connectivity index (χ1v) is 8.74. The minimum Gasteiger partial charge on any atom is -0.480 e. The van der Waals surface area contributed by atoms with Gasteiger partial charge in [-0.05, 0) is 25.0 Å². The van der Waals surface area contributed by atoms with Crippen LogP contribution in [0.15, 0.2) is 29.2 Å². The van der Waals surface area contributed by atoms with Crippen LogP contribution in [0.4, 0.5) is 5.69 Å². The highest BCUT2D eigenvalue weighted by Gasteiger charge is 2.19. The van der Waals surface area contributed by atoms with Gasteiger partial charge in [0.05, 0.1) is 5.69 Å². The fraction of sp³-hybridized carbons (Fsp3) is 0.529. The van der Waals surface area contributed by atoms with E-state index in [1.165, 1.54) is 11.8 Å². The van der Waals surface area contributed by atoms with Crippen molar-refractivity contribution in [1.82, 2.24) is 0 Å². The lowest BCUT2D eigenvalue weighted by molar-refractivity contribution is -0.136. The number of thioether (sulfide) groups is 1. The summed E-state index contributed by atoms with van der Waals surface area (Å²) in [4.78, 5) is 24.1. The van der Waals surface area contributed by atoms with Crippen molar-refractivity contribution in [2.75, 3.05) is 5.32 Å². The average molecular weight is 323 g/mol. The van der Waals surface area contributed by atoms with Crippen molar-refractivity contribution in [3.63, 3.8) is 0 Å². The van der Waals surface area contributed by atoms with Gasteiger partial charge in [0, 0.05) is 11.3 Å². The first-order valence-electron chi connectivity index (χ1n) is 7.86. The number of anilines is 1. The van der Waals surface area contributed by atoms with E-state index in [0.717, 1.165) is 30.6 Å². The molecule has 0 heterocycles. The Hall–Kier alpha value is -1.49. The van der Waals surface area contributed by atoms with Crippen molar-refractivity contribution in [2.24, 2.45) is 0 Å². The molecule has 1 aromatic rings. The van der Waals surface area contributed by atoms with Gasteiger partial charge in [-0.1, -0.05) is 45.2 Å². The Morgan fingerprint density at radius 2 is 1.91 bits per heavy atom. The lowest BCUT2D eigenvalue weighted by Crippen LogP contribution is -2.17. The van der Waals surface area contributed by atoms with Crippen molar-refractivity contribution < 1.29 is 14.7 Å². The van der Waals surface area contributed by atoms with Crippen molar-refractivity contribution in [1.29, 1.82) is 0 Å². The third kappa shape index (κ3) is 6.52. The summed E-state index contributed by atoms with van der Waals surface area (Å²) >= 11 is 1.30. The van der Waals surface area contributed by atoms with E-state index in [1.807, 2.05) is 31.2 Å². The molecule has 1 atom stereocenters. The molecule has 0 aliphatic rings. The van der Waals surface area contributed by atoms with Gasteiger partial charge in [-0.2, -0.15) is 0 Å². The van der Waals surface area contributed by atoms with Gasteiger partial charge in [-0.15, -0.1) is 11.8 Å². The Morgan fingerprint density at radius 1 is 1.18 bits per heavy atom. The first kappa shape index (κ1) is 18.6. The number of carboxylic acids is 1. The molecular formula is C17H25NO3S. The molecule has 1 aromatic carbocycles. The third-order valence-corrected chi connectivity index (χ3v) is 4.60. The number of hydrogen-bond donors (Lipinski definition) is 2. The molecule has 0 bridgehead atoms. The lowest BCUT2D eigenvalue weighted by Gasteiger charge is -2.15. The van der Waals surface area contributed by atoms with E-state index in [9.17, 15) is 14.7 Å². The number of para-hydroxylation sites is 1. The average Bonchev–Trinajstić information content (AvgIpc) is 2.48. The number of benzene rings is 1. The molecular weight excluding hydrogens is 298 g/mol. The van der Waals surface area contributed by atoms with E-state index in [-0.39, 0.29) is 5.91 Å². The molecule has 0 radical (unpaired) electrons. The van der Waals surface area contributed by atoms with Crippen LogP contribution in [0.1, 0.15) is 52.4 Å². The summed E-state index contributed by atoms with van der Waals surface area (Å²) in [5.41, 5.74) is 0.705. The molecule has 122 valence electrons. The van der Waals surface area contributed by atoms with E-state index >= 15 is 0 Å².